The molecule has 0 saturated heterocycles. The molecule has 11 heteroatoms. The number of ether oxygens (including phenoxy) is 2. The molecule has 0 unspecified atom stereocenters. The molecule has 35 heavy (non-hydrogen) atoms. The summed E-state index contributed by atoms with van der Waals surface area (Å²) >= 11 is 1.25. The van der Waals surface area contributed by atoms with E-state index < -0.39 is 6.36 Å². The zero-order valence-corrected chi connectivity index (χ0v) is 19.9. The topological polar surface area (TPSA) is 81.9 Å². The van der Waals surface area contributed by atoms with E-state index in [-0.39, 0.29) is 24.0 Å². The van der Waals surface area contributed by atoms with Gasteiger partial charge in [0.25, 0.3) is 5.91 Å². The lowest BCUT2D eigenvalue weighted by molar-refractivity contribution is -0.274. The minimum Gasteiger partial charge on any atom is -0.497 e. The number of halogens is 3. The maximum Gasteiger partial charge on any atom is 0.573 e. The average Bonchev–Trinajstić information content (AvgIpc) is 3.18. The summed E-state index contributed by atoms with van der Waals surface area (Å²) in [5, 5.41) is 4.51. The normalized spacial score (nSPS) is 11.9. The zero-order valence-electron chi connectivity index (χ0n) is 19.1. The van der Waals surface area contributed by atoms with Gasteiger partial charge < -0.3 is 19.4 Å². The van der Waals surface area contributed by atoms with Crippen LogP contribution >= 0.6 is 11.3 Å². The fourth-order valence-electron chi connectivity index (χ4n) is 3.26. The molecule has 0 aliphatic rings. The van der Waals surface area contributed by atoms with Crippen LogP contribution in [0.15, 0.2) is 58.9 Å². The standard InChI is InChI=1S/C24H24F3N3O4S/c1-16(31)28-12-3-13-30-21(18-6-10-20(11-7-18)34-24(25,26)27)15-35-23(30)29-22(32)14-17-4-8-19(33-2)9-5-17/h4-11,15H,3,12-14H2,1-2H3,(H,28,31). The number of hydrogen-bond acceptors (Lipinski definition) is 5. The molecule has 7 nitrogen and oxygen atoms in total. The second kappa shape index (κ2) is 11.7. The molecular formula is C24H24F3N3O4S. The number of carbonyl (C=O) groups is 2. The zero-order chi connectivity index (χ0) is 25.4. The van der Waals surface area contributed by atoms with E-state index in [4.69, 9.17) is 4.74 Å². The van der Waals surface area contributed by atoms with Gasteiger partial charge in [-0.1, -0.05) is 12.1 Å². The predicted molar refractivity (Wildman–Crippen MR) is 125 cm³/mol. The largest absolute Gasteiger partial charge is 0.573 e. The first kappa shape index (κ1) is 26.0. The quantitative estimate of drug-likeness (QED) is 0.438. The molecular weight excluding hydrogens is 483 g/mol. The second-order valence-electron chi connectivity index (χ2n) is 7.49. The first-order valence-electron chi connectivity index (χ1n) is 10.6. The third-order valence-corrected chi connectivity index (χ3v) is 5.71. The molecule has 3 aromatic rings. The fourth-order valence-corrected chi connectivity index (χ4v) is 4.21. The average molecular weight is 508 g/mol. The Balaban J connectivity index is 1.86. The van der Waals surface area contributed by atoms with Crippen LogP contribution in [-0.2, 0) is 22.6 Å². The van der Waals surface area contributed by atoms with Crippen molar-refractivity contribution in [3.63, 3.8) is 0 Å². The van der Waals surface area contributed by atoms with Gasteiger partial charge in [-0.15, -0.1) is 24.5 Å². The van der Waals surface area contributed by atoms with Gasteiger partial charge in [0.2, 0.25) is 5.91 Å². The lowest BCUT2D eigenvalue weighted by Crippen LogP contribution is -2.24. The Labute approximate surface area is 203 Å². The molecule has 186 valence electrons. The minimum absolute atomic E-state index is 0.104. The molecule has 2 amide bonds. The van der Waals surface area contributed by atoms with Crippen molar-refractivity contribution in [1.29, 1.82) is 0 Å². The van der Waals surface area contributed by atoms with Gasteiger partial charge >= 0.3 is 6.36 Å². The third-order valence-electron chi connectivity index (χ3n) is 4.85. The van der Waals surface area contributed by atoms with Crippen molar-refractivity contribution in [2.75, 3.05) is 13.7 Å². The van der Waals surface area contributed by atoms with E-state index in [1.165, 1.54) is 42.5 Å². The van der Waals surface area contributed by atoms with Crippen LogP contribution in [0.25, 0.3) is 11.3 Å². The van der Waals surface area contributed by atoms with E-state index in [1.807, 2.05) is 4.57 Å². The molecule has 0 radical (unpaired) electrons. The Kier molecular flexibility index (Phi) is 8.69. The third kappa shape index (κ3) is 7.99. The Morgan fingerprint density at radius 2 is 1.71 bits per heavy atom. The molecule has 0 fully saturated rings. The Bertz CT molecular complexity index is 1220. The van der Waals surface area contributed by atoms with Gasteiger partial charge in [-0.2, -0.15) is 4.99 Å². The van der Waals surface area contributed by atoms with Crippen molar-refractivity contribution in [1.82, 2.24) is 9.88 Å². The monoisotopic (exact) mass is 507 g/mol. The van der Waals surface area contributed by atoms with Crippen LogP contribution in [-0.4, -0.2) is 36.4 Å². The number of alkyl halides is 3. The summed E-state index contributed by atoms with van der Waals surface area (Å²) in [7, 11) is 1.56. The second-order valence-corrected chi connectivity index (χ2v) is 8.33. The van der Waals surface area contributed by atoms with Crippen molar-refractivity contribution in [3.05, 3.63) is 64.3 Å². The maximum absolute atomic E-state index is 12.6. The molecule has 1 heterocycles. The first-order valence-corrected chi connectivity index (χ1v) is 11.5. The van der Waals surface area contributed by atoms with E-state index in [0.717, 1.165) is 5.56 Å². The van der Waals surface area contributed by atoms with Crippen molar-refractivity contribution >= 4 is 23.2 Å². The van der Waals surface area contributed by atoms with E-state index in [0.29, 0.717) is 41.3 Å². The van der Waals surface area contributed by atoms with Gasteiger partial charge in [-0.25, -0.2) is 0 Å². The van der Waals surface area contributed by atoms with Crippen molar-refractivity contribution in [3.8, 4) is 22.8 Å². The number of aromatic nitrogens is 1. The van der Waals surface area contributed by atoms with Crippen molar-refractivity contribution in [2.45, 2.75) is 32.7 Å². The minimum atomic E-state index is -4.77. The van der Waals surface area contributed by atoms with Crippen LogP contribution in [0.4, 0.5) is 13.2 Å². The molecule has 0 saturated carbocycles. The van der Waals surface area contributed by atoms with Crippen molar-refractivity contribution < 1.29 is 32.2 Å². The molecule has 0 atom stereocenters. The number of carbonyl (C=O) groups excluding carboxylic acids is 2. The van der Waals surface area contributed by atoms with Gasteiger partial charge in [0.05, 0.1) is 19.2 Å². The number of nitrogens with zero attached hydrogens (tertiary/aromatic N) is 2. The lowest BCUT2D eigenvalue weighted by atomic mass is 10.1. The lowest BCUT2D eigenvalue weighted by Gasteiger charge is -2.11. The molecule has 3 rings (SSSR count). The SMILES string of the molecule is COc1ccc(CC(=O)N=c2scc(-c3ccc(OC(F)(F)F)cc3)n2CCCNC(C)=O)cc1. The first-order chi connectivity index (χ1) is 16.6. The summed E-state index contributed by atoms with van der Waals surface area (Å²) in [5.74, 6) is -0.133. The summed E-state index contributed by atoms with van der Waals surface area (Å²) < 4.78 is 48.3. The molecule has 1 aromatic heterocycles. The molecule has 0 aliphatic carbocycles. The van der Waals surface area contributed by atoms with Gasteiger partial charge in [0.1, 0.15) is 11.5 Å². The van der Waals surface area contributed by atoms with Gasteiger partial charge in [0, 0.05) is 25.4 Å². The van der Waals surface area contributed by atoms with Gasteiger partial charge in [0.15, 0.2) is 4.80 Å². The summed E-state index contributed by atoms with van der Waals surface area (Å²) in [6.45, 7) is 2.29. The Hall–Kier alpha value is -3.60. The number of rotatable bonds is 9. The molecule has 0 spiro atoms. The number of hydrogen-bond donors (Lipinski definition) is 1. The van der Waals surface area contributed by atoms with Crippen LogP contribution < -0.4 is 19.6 Å². The van der Waals surface area contributed by atoms with E-state index in [1.54, 1.807) is 36.8 Å². The van der Waals surface area contributed by atoms with Gasteiger partial charge in [-0.3, -0.25) is 9.59 Å². The fraction of sp³-hybridized carbons (Fsp3) is 0.292. The van der Waals surface area contributed by atoms with E-state index in [2.05, 4.69) is 15.0 Å². The summed E-state index contributed by atoms with van der Waals surface area (Å²) in [5.41, 5.74) is 2.11. The van der Waals surface area contributed by atoms with Crippen LogP contribution in [0.3, 0.4) is 0 Å². The molecule has 0 bridgehead atoms. The number of benzene rings is 2. The highest BCUT2D eigenvalue weighted by Gasteiger charge is 2.31. The highest BCUT2D eigenvalue weighted by Crippen LogP contribution is 2.27. The number of nitrogens with one attached hydrogen (secondary N) is 1. The summed E-state index contributed by atoms with van der Waals surface area (Å²) in [6.07, 6.45) is -4.10. The number of thiazole rings is 1. The van der Waals surface area contributed by atoms with Crippen LogP contribution in [0.2, 0.25) is 0 Å². The highest BCUT2D eigenvalue weighted by molar-refractivity contribution is 7.07. The number of methoxy groups -OCH3 is 1. The Morgan fingerprint density at radius 1 is 1.06 bits per heavy atom. The molecule has 1 N–H and O–H groups in total. The van der Waals surface area contributed by atoms with E-state index >= 15 is 0 Å². The van der Waals surface area contributed by atoms with Crippen molar-refractivity contribution in [2.24, 2.45) is 4.99 Å². The number of amides is 2. The highest BCUT2D eigenvalue weighted by atomic mass is 32.1. The smallest absolute Gasteiger partial charge is 0.497 e. The molecule has 2 aromatic carbocycles. The summed E-state index contributed by atoms with van der Waals surface area (Å²) in [6, 6.07) is 12.6. The maximum atomic E-state index is 12.6. The van der Waals surface area contributed by atoms with Crippen LogP contribution in [0, 0.1) is 0 Å². The van der Waals surface area contributed by atoms with Gasteiger partial charge in [-0.05, 0) is 53.9 Å². The predicted octanol–water partition coefficient (Wildman–Crippen LogP) is 4.32. The van der Waals surface area contributed by atoms with Crippen LogP contribution in [0.5, 0.6) is 11.5 Å². The van der Waals surface area contributed by atoms with E-state index in [9.17, 15) is 22.8 Å². The molecule has 0 aliphatic heterocycles. The Morgan fingerprint density at radius 3 is 2.31 bits per heavy atom. The summed E-state index contributed by atoms with van der Waals surface area (Å²) in [4.78, 5) is 28.5. The van der Waals surface area contributed by atoms with Crippen LogP contribution in [0.1, 0.15) is 18.9 Å².